The highest BCUT2D eigenvalue weighted by molar-refractivity contribution is 7.86. The standard InChI is InChI=1S/C13H27N3O2S/c1-12-5-3-4-8-16(12)19(17,18)15-9-6-13(2,11-14)7-10-15/h12H,3-11,14H2,1-2H3. The quantitative estimate of drug-likeness (QED) is 0.848. The fraction of sp³-hybridized carbons (Fsp3) is 1.00. The predicted octanol–water partition coefficient (Wildman–Crippen LogP) is 1.17. The molecule has 2 N–H and O–H groups in total. The van der Waals surface area contributed by atoms with Crippen molar-refractivity contribution in [2.24, 2.45) is 11.1 Å². The maximum Gasteiger partial charge on any atom is 0.282 e. The Morgan fingerprint density at radius 1 is 1.21 bits per heavy atom. The third-order valence-electron chi connectivity index (χ3n) is 4.79. The zero-order valence-electron chi connectivity index (χ0n) is 12.1. The van der Waals surface area contributed by atoms with Gasteiger partial charge in [0.2, 0.25) is 0 Å². The fourth-order valence-electron chi connectivity index (χ4n) is 3.02. The molecule has 0 aromatic heterocycles. The Balaban J connectivity index is 2.05. The van der Waals surface area contributed by atoms with Crippen LogP contribution >= 0.6 is 0 Å². The Morgan fingerprint density at radius 2 is 1.84 bits per heavy atom. The molecule has 0 aromatic carbocycles. The van der Waals surface area contributed by atoms with Gasteiger partial charge in [0.05, 0.1) is 0 Å². The normalized spacial score (nSPS) is 30.4. The van der Waals surface area contributed by atoms with Crippen LogP contribution in [0.1, 0.15) is 46.0 Å². The van der Waals surface area contributed by atoms with Crippen LogP contribution < -0.4 is 5.73 Å². The minimum Gasteiger partial charge on any atom is -0.330 e. The molecular formula is C13H27N3O2S. The SMILES string of the molecule is CC1CCCCN1S(=O)(=O)N1CCC(C)(CN)CC1. The molecule has 0 saturated carbocycles. The highest BCUT2D eigenvalue weighted by Gasteiger charge is 2.38. The van der Waals surface area contributed by atoms with Crippen LogP contribution in [0.4, 0.5) is 0 Å². The molecule has 2 aliphatic heterocycles. The molecule has 112 valence electrons. The van der Waals surface area contributed by atoms with Crippen LogP contribution in [0, 0.1) is 5.41 Å². The van der Waals surface area contributed by atoms with Crippen molar-refractivity contribution in [3.63, 3.8) is 0 Å². The zero-order valence-corrected chi connectivity index (χ0v) is 13.0. The van der Waals surface area contributed by atoms with Gasteiger partial charge in [-0.15, -0.1) is 0 Å². The van der Waals surface area contributed by atoms with Crippen LogP contribution in [0.2, 0.25) is 0 Å². The summed E-state index contributed by atoms with van der Waals surface area (Å²) in [6.07, 6.45) is 4.83. The van der Waals surface area contributed by atoms with Crippen molar-refractivity contribution >= 4 is 10.2 Å². The van der Waals surface area contributed by atoms with Crippen LogP contribution in [-0.2, 0) is 10.2 Å². The van der Waals surface area contributed by atoms with Crippen LogP contribution in [0.25, 0.3) is 0 Å². The van der Waals surface area contributed by atoms with E-state index in [0.717, 1.165) is 32.1 Å². The van der Waals surface area contributed by atoms with Gasteiger partial charge in [0, 0.05) is 25.7 Å². The lowest BCUT2D eigenvalue weighted by Crippen LogP contribution is -2.53. The Labute approximate surface area is 117 Å². The van der Waals surface area contributed by atoms with Gasteiger partial charge < -0.3 is 5.73 Å². The van der Waals surface area contributed by atoms with Crippen molar-refractivity contribution in [2.75, 3.05) is 26.2 Å². The fourth-order valence-corrected chi connectivity index (χ4v) is 4.88. The first-order valence-electron chi connectivity index (χ1n) is 7.36. The second kappa shape index (κ2) is 5.68. The first kappa shape index (κ1) is 15.2. The predicted molar refractivity (Wildman–Crippen MR) is 76.9 cm³/mol. The molecule has 6 heteroatoms. The maximum atomic E-state index is 12.7. The van der Waals surface area contributed by atoms with Gasteiger partial charge in [0.1, 0.15) is 0 Å². The summed E-state index contributed by atoms with van der Waals surface area (Å²) in [5.41, 5.74) is 5.89. The van der Waals surface area contributed by atoms with E-state index in [9.17, 15) is 8.42 Å². The highest BCUT2D eigenvalue weighted by Crippen LogP contribution is 2.32. The van der Waals surface area contributed by atoms with E-state index in [0.29, 0.717) is 26.2 Å². The zero-order chi connectivity index (χ0) is 14.1. The lowest BCUT2D eigenvalue weighted by molar-refractivity contribution is 0.166. The first-order chi connectivity index (χ1) is 8.89. The highest BCUT2D eigenvalue weighted by atomic mass is 32.2. The average molecular weight is 289 g/mol. The summed E-state index contributed by atoms with van der Waals surface area (Å²) in [6, 6.07) is 0.140. The summed E-state index contributed by atoms with van der Waals surface area (Å²) >= 11 is 0. The van der Waals surface area contributed by atoms with Gasteiger partial charge in [-0.05, 0) is 44.6 Å². The van der Waals surface area contributed by atoms with Gasteiger partial charge in [0.15, 0.2) is 0 Å². The van der Waals surface area contributed by atoms with E-state index in [1.807, 2.05) is 6.92 Å². The van der Waals surface area contributed by atoms with Crippen molar-refractivity contribution in [2.45, 2.75) is 52.0 Å². The second-order valence-corrected chi connectivity index (χ2v) is 8.26. The van der Waals surface area contributed by atoms with Crippen molar-refractivity contribution in [3.8, 4) is 0 Å². The third kappa shape index (κ3) is 3.12. The molecule has 2 fully saturated rings. The first-order valence-corrected chi connectivity index (χ1v) is 8.76. The summed E-state index contributed by atoms with van der Waals surface area (Å²) in [6.45, 7) is 6.71. The van der Waals surface area contributed by atoms with Gasteiger partial charge in [-0.1, -0.05) is 13.3 Å². The summed E-state index contributed by atoms with van der Waals surface area (Å²) < 4.78 is 28.7. The summed E-state index contributed by atoms with van der Waals surface area (Å²) in [7, 11) is -3.27. The average Bonchev–Trinajstić information content (AvgIpc) is 2.39. The summed E-state index contributed by atoms with van der Waals surface area (Å²) in [4.78, 5) is 0. The van der Waals surface area contributed by atoms with Crippen molar-refractivity contribution < 1.29 is 8.42 Å². The number of rotatable bonds is 3. The lowest BCUT2D eigenvalue weighted by atomic mass is 9.81. The molecule has 0 aromatic rings. The van der Waals surface area contributed by atoms with E-state index in [2.05, 4.69) is 6.92 Å². The molecule has 5 nitrogen and oxygen atoms in total. The largest absolute Gasteiger partial charge is 0.330 e. The van der Waals surface area contributed by atoms with Gasteiger partial charge in [-0.2, -0.15) is 17.0 Å². The molecule has 2 saturated heterocycles. The van der Waals surface area contributed by atoms with Gasteiger partial charge >= 0.3 is 0 Å². The minimum atomic E-state index is -3.27. The third-order valence-corrected chi connectivity index (χ3v) is 6.94. The summed E-state index contributed by atoms with van der Waals surface area (Å²) in [5, 5.41) is 0. The van der Waals surface area contributed by atoms with Gasteiger partial charge in [0.25, 0.3) is 10.2 Å². The van der Waals surface area contributed by atoms with Crippen molar-refractivity contribution in [1.82, 2.24) is 8.61 Å². The second-order valence-electron chi connectivity index (χ2n) is 6.38. The Kier molecular flexibility index (Phi) is 4.55. The molecule has 2 rings (SSSR count). The molecule has 1 unspecified atom stereocenters. The van der Waals surface area contributed by atoms with Gasteiger partial charge in [-0.3, -0.25) is 0 Å². The Bertz CT molecular complexity index is 402. The van der Waals surface area contributed by atoms with E-state index in [1.54, 1.807) is 8.61 Å². The molecule has 0 spiro atoms. The van der Waals surface area contributed by atoms with Crippen LogP contribution in [0.5, 0.6) is 0 Å². The number of nitrogens with two attached hydrogens (primary N) is 1. The molecule has 1 atom stereocenters. The molecule has 0 bridgehead atoms. The monoisotopic (exact) mass is 289 g/mol. The molecular weight excluding hydrogens is 262 g/mol. The lowest BCUT2D eigenvalue weighted by Gasteiger charge is -2.42. The maximum absolute atomic E-state index is 12.7. The van der Waals surface area contributed by atoms with E-state index in [-0.39, 0.29) is 11.5 Å². The van der Waals surface area contributed by atoms with Crippen LogP contribution in [0.3, 0.4) is 0 Å². The van der Waals surface area contributed by atoms with Crippen LogP contribution in [0.15, 0.2) is 0 Å². The number of piperidine rings is 2. The van der Waals surface area contributed by atoms with Crippen LogP contribution in [-0.4, -0.2) is 49.2 Å². The molecule has 0 radical (unpaired) electrons. The smallest absolute Gasteiger partial charge is 0.282 e. The minimum absolute atomic E-state index is 0.111. The van der Waals surface area contributed by atoms with Crippen molar-refractivity contribution in [3.05, 3.63) is 0 Å². The molecule has 2 aliphatic rings. The molecule has 0 aliphatic carbocycles. The topological polar surface area (TPSA) is 66.6 Å². The van der Waals surface area contributed by atoms with E-state index in [1.165, 1.54) is 0 Å². The van der Waals surface area contributed by atoms with E-state index < -0.39 is 10.2 Å². The van der Waals surface area contributed by atoms with Gasteiger partial charge in [-0.25, -0.2) is 0 Å². The molecule has 0 amide bonds. The Hall–Kier alpha value is -0.170. The number of hydrogen-bond acceptors (Lipinski definition) is 3. The molecule has 19 heavy (non-hydrogen) atoms. The van der Waals surface area contributed by atoms with Crippen molar-refractivity contribution in [1.29, 1.82) is 0 Å². The van der Waals surface area contributed by atoms with E-state index in [4.69, 9.17) is 5.73 Å². The Morgan fingerprint density at radius 3 is 2.37 bits per heavy atom. The number of nitrogens with zero attached hydrogens (tertiary/aromatic N) is 2. The molecule has 2 heterocycles. The van der Waals surface area contributed by atoms with E-state index >= 15 is 0 Å². The number of hydrogen-bond donors (Lipinski definition) is 1. The summed E-state index contributed by atoms with van der Waals surface area (Å²) in [5.74, 6) is 0.